The van der Waals surface area contributed by atoms with Gasteiger partial charge in [0.05, 0.1) is 13.2 Å². The van der Waals surface area contributed by atoms with Gasteiger partial charge in [-0.3, -0.25) is 0 Å². The third-order valence-corrected chi connectivity index (χ3v) is 8.70. The first-order valence-electron chi connectivity index (χ1n) is 8.53. The minimum absolute atomic E-state index is 0.0103. The summed E-state index contributed by atoms with van der Waals surface area (Å²) in [6.45, 7) is 5.45. The molecule has 2 fully saturated rings. The highest BCUT2D eigenvalue weighted by molar-refractivity contribution is 7.93. The van der Waals surface area contributed by atoms with E-state index in [1.54, 1.807) is 18.2 Å². The van der Waals surface area contributed by atoms with E-state index in [0.717, 1.165) is 0 Å². The van der Waals surface area contributed by atoms with Crippen molar-refractivity contribution in [3.8, 4) is 0 Å². The second-order valence-corrected chi connectivity index (χ2v) is 9.62. The zero-order chi connectivity index (χ0) is 19.4. The predicted molar refractivity (Wildman–Crippen MR) is 97.6 cm³/mol. The van der Waals surface area contributed by atoms with Crippen LogP contribution in [0.1, 0.15) is 18.1 Å². The fourth-order valence-electron chi connectivity index (χ4n) is 4.13. The Morgan fingerprint density at radius 2 is 1.81 bits per heavy atom. The molecule has 1 unspecified atom stereocenters. The quantitative estimate of drug-likeness (QED) is 0.855. The van der Waals surface area contributed by atoms with Gasteiger partial charge in [0, 0.05) is 11.3 Å². The van der Waals surface area contributed by atoms with Crippen LogP contribution in [0.3, 0.4) is 0 Å². The van der Waals surface area contributed by atoms with E-state index in [0.29, 0.717) is 5.56 Å². The van der Waals surface area contributed by atoms with E-state index < -0.39 is 37.0 Å². The maximum atomic E-state index is 14.6. The smallest absolute Gasteiger partial charge is 0.173 e. The van der Waals surface area contributed by atoms with Crippen LogP contribution in [0.2, 0.25) is 0 Å². The molecule has 0 spiro atoms. The molecule has 7 heteroatoms. The van der Waals surface area contributed by atoms with Gasteiger partial charge in [0.1, 0.15) is 27.2 Å². The van der Waals surface area contributed by atoms with Gasteiger partial charge in [-0.2, -0.15) is 0 Å². The number of hydrogen-bond donors (Lipinski definition) is 1. The Hall–Kier alpha value is -2.25. The number of sulfone groups is 1. The lowest BCUT2D eigenvalue weighted by molar-refractivity contribution is 0.168. The first-order valence-corrected chi connectivity index (χ1v) is 10.1. The molecule has 3 atom stereocenters. The molecule has 0 amide bonds. The molecule has 1 N–H and O–H groups in total. The number of fused-ring (bicyclic) bond motifs is 1. The predicted octanol–water partition coefficient (Wildman–Crippen LogP) is 3.01. The molecule has 0 saturated carbocycles. The Bertz CT molecular complexity index is 1020. The Morgan fingerprint density at radius 1 is 1.15 bits per heavy atom. The average molecular weight is 391 g/mol. The first kappa shape index (κ1) is 18.1. The molecule has 2 saturated heterocycles. The summed E-state index contributed by atoms with van der Waals surface area (Å²) in [5, 5.41) is 2.16. The molecular formula is C20H19F2NO3S. The molecule has 0 aliphatic carbocycles. The third kappa shape index (κ3) is 2.31. The van der Waals surface area contributed by atoms with Gasteiger partial charge in [-0.15, -0.1) is 0 Å². The lowest BCUT2D eigenvalue weighted by Crippen LogP contribution is -2.65. The zero-order valence-electron chi connectivity index (χ0n) is 14.7. The molecule has 2 aliphatic rings. The minimum atomic E-state index is -3.92. The summed E-state index contributed by atoms with van der Waals surface area (Å²) in [5.74, 6) is -0.965. The maximum Gasteiger partial charge on any atom is 0.173 e. The van der Waals surface area contributed by atoms with E-state index in [1.165, 1.54) is 37.3 Å². The van der Waals surface area contributed by atoms with Crippen molar-refractivity contribution in [2.24, 2.45) is 0 Å². The highest BCUT2D eigenvalue weighted by atomic mass is 32.2. The van der Waals surface area contributed by atoms with Crippen molar-refractivity contribution in [3.63, 3.8) is 0 Å². The van der Waals surface area contributed by atoms with Crippen LogP contribution >= 0.6 is 0 Å². The number of halogens is 2. The molecule has 2 aromatic rings. The summed E-state index contributed by atoms with van der Waals surface area (Å²) in [4.78, 5) is 0. The zero-order valence-corrected chi connectivity index (χ0v) is 15.5. The molecule has 27 heavy (non-hydrogen) atoms. The molecule has 0 bridgehead atoms. The second kappa shape index (κ2) is 5.87. The molecule has 2 aromatic carbocycles. The van der Waals surface area contributed by atoms with E-state index in [2.05, 4.69) is 11.9 Å². The van der Waals surface area contributed by atoms with Gasteiger partial charge in [0.15, 0.2) is 9.84 Å². The molecule has 2 aliphatic heterocycles. The van der Waals surface area contributed by atoms with Crippen LogP contribution < -0.4 is 5.32 Å². The van der Waals surface area contributed by atoms with Crippen molar-refractivity contribution >= 4 is 9.84 Å². The molecule has 142 valence electrons. The Morgan fingerprint density at radius 3 is 2.48 bits per heavy atom. The topological polar surface area (TPSA) is 55.4 Å². The van der Waals surface area contributed by atoms with Crippen LogP contribution in [-0.4, -0.2) is 26.9 Å². The van der Waals surface area contributed by atoms with Gasteiger partial charge >= 0.3 is 0 Å². The standard InChI is InChI=1S/C20H19F2NO3S/c1-13-19(2,14-7-9-15(21)10-8-14)27(24,25)18-11-26-12-20(18,23-13)16-5-3-4-6-17(16)22/h3-10,18,23H,1,11-12H2,2H3/t18-,19?,20-/m1/s1. The van der Waals surface area contributed by atoms with Crippen molar-refractivity contribution in [2.45, 2.75) is 22.5 Å². The van der Waals surface area contributed by atoms with Gasteiger partial charge < -0.3 is 10.1 Å². The normalized spacial score (nSPS) is 32.0. The minimum Gasteiger partial charge on any atom is -0.377 e. The number of ether oxygens (including phenoxy) is 1. The highest BCUT2D eigenvalue weighted by Gasteiger charge is 2.64. The molecule has 0 radical (unpaired) electrons. The van der Waals surface area contributed by atoms with E-state index >= 15 is 0 Å². The van der Waals surface area contributed by atoms with Crippen molar-refractivity contribution < 1.29 is 21.9 Å². The van der Waals surface area contributed by atoms with Crippen LogP contribution in [0.5, 0.6) is 0 Å². The van der Waals surface area contributed by atoms with E-state index in [4.69, 9.17) is 4.74 Å². The van der Waals surface area contributed by atoms with E-state index in [-0.39, 0.29) is 24.5 Å². The molecule has 0 aromatic heterocycles. The van der Waals surface area contributed by atoms with Crippen molar-refractivity contribution in [1.29, 1.82) is 0 Å². The highest BCUT2D eigenvalue weighted by Crippen LogP contribution is 2.50. The van der Waals surface area contributed by atoms with Gasteiger partial charge in [-0.05, 0) is 30.7 Å². The van der Waals surface area contributed by atoms with Crippen LogP contribution in [-0.2, 0) is 24.9 Å². The Kier molecular flexibility index (Phi) is 3.94. The van der Waals surface area contributed by atoms with Crippen molar-refractivity contribution in [3.05, 3.63) is 83.6 Å². The van der Waals surface area contributed by atoms with Gasteiger partial charge in [0.25, 0.3) is 0 Å². The fraction of sp³-hybridized carbons (Fsp3) is 0.300. The van der Waals surface area contributed by atoms with Gasteiger partial charge in [-0.1, -0.05) is 36.9 Å². The number of rotatable bonds is 2. The maximum absolute atomic E-state index is 14.6. The van der Waals surface area contributed by atoms with Crippen LogP contribution in [0.4, 0.5) is 8.78 Å². The number of nitrogens with one attached hydrogen (secondary N) is 1. The monoisotopic (exact) mass is 391 g/mol. The number of benzene rings is 2. The lowest BCUT2D eigenvalue weighted by atomic mass is 9.85. The van der Waals surface area contributed by atoms with Crippen molar-refractivity contribution in [1.82, 2.24) is 5.32 Å². The van der Waals surface area contributed by atoms with E-state index in [9.17, 15) is 17.2 Å². The summed E-state index contributed by atoms with van der Waals surface area (Å²) in [7, 11) is -3.92. The molecule has 2 heterocycles. The molecule has 4 nitrogen and oxygen atoms in total. The fourth-order valence-corrected chi connectivity index (χ4v) is 6.61. The summed E-state index contributed by atoms with van der Waals surface area (Å²) >= 11 is 0. The largest absolute Gasteiger partial charge is 0.377 e. The SMILES string of the molecule is C=C1N[C@@]2(c3ccccc3F)COC[C@H]2S(=O)(=O)C1(C)c1ccc(F)cc1. The lowest BCUT2D eigenvalue weighted by Gasteiger charge is -2.48. The van der Waals surface area contributed by atoms with Gasteiger partial charge in [0.2, 0.25) is 0 Å². The first-order chi connectivity index (χ1) is 12.7. The van der Waals surface area contributed by atoms with Crippen LogP contribution in [0.25, 0.3) is 0 Å². The van der Waals surface area contributed by atoms with E-state index in [1.807, 2.05) is 0 Å². The second-order valence-electron chi connectivity index (χ2n) is 7.14. The molecular weight excluding hydrogens is 372 g/mol. The average Bonchev–Trinajstić information content (AvgIpc) is 3.06. The third-order valence-electron chi connectivity index (χ3n) is 5.79. The summed E-state index contributed by atoms with van der Waals surface area (Å²) in [6.07, 6.45) is 0. The van der Waals surface area contributed by atoms with Crippen LogP contribution in [0.15, 0.2) is 60.8 Å². The number of hydrogen-bond acceptors (Lipinski definition) is 4. The Labute approximate surface area is 156 Å². The van der Waals surface area contributed by atoms with Gasteiger partial charge in [-0.25, -0.2) is 17.2 Å². The van der Waals surface area contributed by atoms with Crippen molar-refractivity contribution in [2.75, 3.05) is 13.2 Å². The molecule has 4 rings (SSSR count). The summed E-state index contributed by atoms with van der Waals surface area (Å²) in [6, 6.07) is 11.4. The summed E-state index contributed by atoms with van der Waals surface area (Å²) < 4.78 is 59.4. The summed E-state index contributed by atoms with van der Waals surface area (Å²) in [5.41, 5.74) is -0.409. The van der Waals surface area contributed by atoms with Crippen LogP contribution in [0, 0.1) is 11.6 Å². The Balaban J connectivity index is 1.91.